The number of hydrogen-bond acceptors (Lipinski definition) is 3. The van der Waals surface area contributed by atoms with Crippen LogP contribution in [0.5, 0.6) is 5.75 Å². The van der Waals surface area contributed by atoms with Crippen molar-refractivity contribution in [3.63, 3.8) is 0 Å². The fourth-order valence-corrected chi connectivity index (χ4v) is 1.46. The lowest BCUT2D eigenvalue weighted by atomic mass is 10.1. The molecular weight excluding hydrogens is 285 g/mol. The smallest absolute Gasteiger partial charge is 0.414 e. The molecule has 0 bridgehead atoms. The number of aliphatic hydroxyl groups is 1. The molecule has 116 valence electrons. The Balaban J connectivity index is 2.89. The highest BCUT2D eigenvalue weighted by Gasteiger charge is 2.36. The first-order valence-corrected chi connectivity index (χ1v) is 6.33. The van der Waals surface area contributed by atoms with E-state index < -0.39 is 12.3 Å². The van der Waals surface area contributed by atoms with Crippen molar-refractivity contribution in [1.29, 1.82) is 0 Å². The van der Waals surface area contributed by atoms with E-state index in [1.165, 1.54) is 7.11 Å². The molecule has 1 unspecified atom stereocenters. The van der Waals surface area contributed by atoms with Crippen molar-refractivity contribution in [2.45, 2.75) is 32.2 Å². The van der Waals surface area contributed by atoms with Gasteiger partial charge in [-0.2, -0.15) is 13.2 Å². The molecule has 0 aromatic heterocycles. The van der Waals surface area contributed by atoms with Crippen LogP contribution in [0.2, 0.25) is 0 Å². The number of methoxy groups -OCH3 is 1. The molecule has 0 aliphatic rings. The van der Waals surface area contributed by atoms with Crippen LogP contribution in [0.25, 0.3) is 0 Å². The van der Waals surface area contributed by atoms with E-state index in [2.05, 4.69) is 11.8 Å². The summed E-state index contributed by atoms with van der Waals surface area (Å²) in [7, 11) is 1.47. The maximum Gasteiger partial charge on any atom is 0.414 e. The van der Waals surface area contributed by atoms with E-state index in [4.69, 9.17) is 14.6 Å². The molecule has 1 rings (SSSR count). The van der Waals surface area contributed by atoms with Gasteiger partial charge in [0.25, 0.3) is 0 Å². The SMILES string of the molecule is COc1ccc(C#CCCO)c(COC(C)C(F)(F)F)c1. The number of hydrogen-bond donors (Lipinski definition) is 1. The molecular formula is C15H17F3O3. The van der Waals surface area contributed by atoms with Crippen molar-refractivity contribution in [3.8, 4) is 17.6 Å². The minimum Gasteiger partial charge on any atom is -0.497 e. The summed E-state index contributed by atoms with van der Waals surface area (Å²) in [6, 6.07) is 4.91. The molecule has 0 aliphatic carbocycles. The Morgan fingerprint density at radius 1 is 1.33 bits per heavy atom. The zero-order chi connectivity index (χ0) is 15.9. The van der Waals surface area contributed by atoms with Crippen molar-refractivity contribution >= 4 is 0 Å². The first kappa shape index (κ1) is 17.3. The van der Waals surface area contributed by atoms with Gasteiger partial charge in [-0.05, 0) is 30.7 Å². The standard InChI is InChI=1S/C15H17F3O3/c1-11(15(16,17)18)21-10-13-9-14(20-2)7-6-12(13)5-3-4-8-19/h6-7,9,11,19H,4,8,10H2,1-2H3. The molecule has 0 radical (unpaired) electrons. The van der Waals surface area contributed by atoms with Gasteiger partial charge in [0.05, 0.1) is 20.3 Å². The first-order valence-electron chi connectivity index (χ1n) is 6.33. The third kappa shape index (κ3) is 5.66. The van der Waals surface area contributed by atoms with Gasteiger partial charge in [0, 0.05) is 12.0 Å². The van der Waals surface area contributed by atoms with E-state index in [1.54, 1.807) is 18.2 Å². The zero-order valence-electron chi connectivity index (χ0n) is 11.8. The Morgan fingerprint density at radius 3 is 2.62 bits per heavy atom. The van der Waals surface area contributed by atoms with Gasteiger partial charge in [-0.25, -0.2) is 0 Å². The highest BCUT2D eigenvalue weighted by Crippen LogP contribution is 2.25. The van der Waals surface area contributed by atoms with Gasteiger partial charge >= 0.3 is 6.18 Å². The molecule has 0 saturated heterocycles. The molecule has 1 aromatic rings. The summed E-state index contributed by atoms with van der Waals surface area (Å²) in [6.45, 7) is 0.665. The Bertz CT molecular complexity index is 515. The average Bonchev–Trinajstić information content (AvgIpc) is 2.44. The normalized spacial score (nSPS) is 12.5. The number of alkyl halides is 3. The fraction of sp³-hybridized carbons (Fsp3) is 0.467. The van der Waals surface area contributed by atoms with Gasteiger partial charge in [0.15, 0.2) is 6.10 Å². The molecule has 1 atom stereocenters. The highest BCUT2D eigenvalue weighted by atomic mass is 19.4. The van der Waals surface area contributed by atoms with Crippen LogP contribution in [0.1, 0.15) is 24.5 Å². The molecule has 0 saturated carbocycles. The summed E-state index contributed by atoms with van der Waals surface area (Å²) in [4.78, 5) is 0. The minimum atomic E-state index is -4.40. The number of aliphatic hydroxyl groups excluding tert-OH is 1. The quantitative estimate of drug-likeness (QED) is 0.850. The van der Waals surface area contributed by atoms with E-state index in [9.17, 15) is 13.2 Å². The predicted molar refractivity (Wildman–Crippen MR) is 71.9 cm³/mol. The number of ether oxygens (including phenoxy) is 2. The maximum atomic E-state index is 12.4. The summed E-state index contributed by atoms with van der Waals surface area (Å²) in [5.74, 6) is 6.04. The Kier molecular flexibility index (Phi) is 6.53. The second-order valence-electron chi connectivity index (χ2n) is 4.29. The van der Waals surface area contributed by atoms with Gasteiger partial charge in [-0.15, -0.1) is 0 Å². The van der Waals surface area contributed by atoms with E-state index in [0.717, 1.165) is 6.92 Å². The Hall–Kier alpha value is -1.71. The van der Waals surface area contributed by atoms with E-state index in [-0.39, 0.29) is 13.2 Å². The van der Waals surface area contributed by atoms with E-state index >= 15 is 0 Å². The molecule has 0 heterocycles. The van der Waals surface area contributed by atoms with Crippen molar-refractivity contribution < 1.29 is 27.8 Å². The van der Waals surface area contributed by atoms with Crippen LogP contribution in [0.15, 0.2) is 18.2 Å². The van der Waals surface area contributed by atoms with Crippen LogP contribution in [0.3, 0.4) is 0 Å². The molecule has 1 N–H and O–H groups in total. The first-order chi connectivity index (χ1) is 9.88. The van der Waals surface area contributed by atoms with Crippen LogP contribution in [0.4, 0.5) is 13.2 Å². The maximum absolute atomic E-state index is 12.4. The number of rotatable bonds is 5. The van der Waals surface area contributed by atoms with Crippen molar-refractivity contribution in [2.75, 3.05) is 13.7 Å². The van der Waals surface area contributed by atoms with E-state index in [1.807, 2.05) is 0 Å². The van der Waals surface area contributed by atoms with E-state index in [0.29, 0.717) is 23.3 Å². The van der Waals surface area contributed by atoms with Gasteiger partial charge in [0.1, 0.15) is 5.75 Å². The third-order valence-corrected chi connectivity index (χ3v) is 2.72. The van der Waals surface area contributed by atoms with Gasteiger partial charge in [0.2, 0.25) is 0 Å². The number of halogens is 3. The summed E-state index contributed by atoms with van der Waals surface area (Å²) in [5, 5.41) is 8.69. The Labute approximate surface area is 121 Å². The molecule has 0 fully saturated rings. The zero-order valence-corrected chi connectivity index (χ0v) is 11.8. The van der Waals surface area contributed by atoms with Crippen LogP contribution >= 0.6 is 0 Å². The average molecular weight is 302 g/mol. The second kappa shape index (κ2) is 7.91. The monoisotopic (exact) mass is 302 g/mol. The summed E-state index contributed by atoms with van der Waals surface area (Å²) < 4.78 is 47.2. The van der Waals surface area contributed by atoms with Crippen LogP contribution in [0, 0.1) is 11.8 Å². The van der Waals surface area contributed by atoms with Crippen LogP contribution in [-0.2, 0) is 11.3 Å². The van der Waals surface area contributed by atoms with Gasteiger partial charge in [-0.3, -0.25) is 0 Å². The van der Waals surface area contributed by atoms with Gasteiger partial charge in [-0.1, -0.05) is 11.8 Å². The molecule has 0 spiro atoms. The lowest BCUT2D eigenvalue weighted by molar-refractivity contribution is -0.217. The van der Waals surface area contributed by atoms with Crippen molar-refractivity contribution in [3.05, 3.63) is 29.3 Å². The van der Waals surface area contributed by atoms with Crippen LogP contribution < -0.4 is 4.74 Å². The fourth-order valence-electron chi connectivity index (χ4n) is 1.46. The summed E-state index contributed by atoms with van der Waals surface area (Å²) in [5.41, 5.74) is 1.06. The molecule has 1 aromatic carbocycles. The molecule has 21 heavy (non-hydrogen) atoms. The summed E-state index contributed by atoms with van der Waals surface area (Å²) >= 11 is 0. The lowest BCUT2D eigenvalue weighted by Gasteiger charge is -2.17. The minimum absolute atomic E-state index is 0.0693. The van der Waals surface area contributed by atoms with Crippen molar-refractivity contribution in [1.82, 2.24) is 0 Å². The lowest BCUT2D eigenvalue weighted by Crippen LogP contribution is -2.28. The summed E-state index contributed by atoms with van der Waals surface area (Å²) in [6.07, 6.45) is -5.96. The van der Waals surface area contributed by atoms with Crippen LogP contribution in [-0.4, -0.2) is 31.1 Å². The van der Waals surface area contributed by atoms with Gasteiger partial charge < -0.3 is 14.6 Å². The molecule has 6 heteroatoms. The largest absolute Gasteiger partial charge is 0.497 e. The predicted octanol–water partition coefficient (Wildman–Crippen LogP) is 2.90. The van der Waals surface area contributed by atoms with Crippen molar-refractivity contribution in [2.24, 2.45) is 0 Å². The Morgan fingerprint density at radius 2 is 2.05 bits per heavy atom. The molecule has 0 aliphatic heterocycles. The topological polar surface area (TPSA) is 38.7 Å². The molecule has 3 nitrogen and oxygen atoms in total. The third-order valence-electron chi connectivity index (χ3n) is 2.72. The highest BCUT2D eigenvalue weighted by molar-refractivity contribution is 5.45. The second-order valence-corrected chi connectivity index (χ2v) is 4.29. The molecule has 0 amide bonds. The number of benzene rings is 1.